The molecule has 1 aromatic heterocycles. The molecule has 40 heavy (non-hydrogen) atoms. The zero-order valence-electron chi connectivity index (χ0n) is 22.7. The third kappa shape index (κ3) is 4.71. The molecular weight excluding hydrogens is 512 g/mol. The molecule has 1 saturated heterocycles. The predicted octanol–water partition coefficient (Wildman–Crippen LogP) is 2.46. The largest absolute Gasteiger partial charge is 0.479 e. The van der Waals surface area contributed by atoms with E-state index in [2.05, 4.69) is 21.0 Å². The molecule has 0 bridgehead atoms. The van der Waals surface area contributed by atoms with Gasteiger partial charge in [-0.15, -0.1) is 0 Å². The van der Waals surface area contributed by atoms with E-state index in [4.69, 9.17) is 0 Å². The number of urea groups is 1. The van der Waals surface area contributed by atoms with Crippen molar-refractivity contribution >= 4 is 29.5 Å². The number of amides is 4. The molecule has 3 aliphatic carbocycles. The Labute approximate surface area is 232 Å². The lowest BCUT2D eigenvalue weighted by Gasteiger charge is -2.43. The van der Waals surface area contributed by atoms with Crippen molar-refractivity contribution in [2.45, 2.75) is 69.4 Å². The van der Waals surface area contributed by atoms with Gasteiger partial charge in [-0.3, -0.25) is 14.3 Å². The van der Waals surface area contributed by atoms with Gasteiger partial charge >= 0.3 is 12.0 Å². The van der Waals surface area contributed by atoms with E-state index in [-0.39, 0.29) is 42.0 Å². The first-order chi connectivity index (χ1) is 19.2. The summed E-state index contributed by atoms with van der Waals surface area (Å²) >= 11 is 0. The van der Waals surface area contributed by atoms with E-state index in [1.807, 2.05) is 12.1 Å². The first-order valence-corrected chi connectivity index (χ1v) is 14.2. The number of aliphatic carboxylic acids is 1. The normalized spacial score (nSPS) is 24.2. The highest BCUT2D eigenvalue weighted by atomic mass is 16.4. The van der Waals surface area contributed by atoms with Crippen LogP contribution in [0.2, 0.25) is 0 Å². The highest BCUT2D eigenvalue weighted by Gasteiger charge is 2.57. The zero-order valence-corrected chi connectivity index (χ0v) is 22.7. The Morgan fingerprint density at radius 2 is 1.85 bits per heavy atom. The van der Waals surface area contributed by atoms with E-state index in [1.54, 1.807) is 25.4 Å². The Kier molecular flexibility index (Phi) is 6.54. The van der Waals surface area contributed by atoms with E-state index in [0.29, 0.717) is 24.5 Å². The Morgan fingerprint density at radius 3 is 2.52 bits per heavy atom. The van der Waals surface area contributed by atoms with Crippen LogP contribution in [0.5, 0.6) is 0 Å². The Morgan fingerprint density at radius 1 is 1.10 bits per heavy atom. The van der Waals surface area contributed by atoms with E-state index >= 15 is 0 Å². The number of nitrogens with one attached hydrogen (secondary N) is 3. The molecule has 6 rings (SSSR count). The average molecular weight is 549 g/mol. The fraction of sp³-hybridized carbons (Fsp3) is 0.552. The quantitative estimate of drug-likeness (QED) is 0.418. The smallest absolute Gasteiger partial charge is 0.330 e. The molecule has 0 radical (unpaired) electrons. The van der Waals surface area contributed by atoms with Crippen LogP contribution in [-0.2, 0) is 29.5 Å². The minimum absolute atomic E-state index is 0.0156. The van der Waals surface area contributed by atoms with Gasteiger partial charge in [0.15, 0.2) is 0 Å². The Balaban J connectivity index is 1.21. The average Bonchev–Trinajstić information content (AvgIpc) is 3.35. The van der Waals surface area contributed by atoms with E-state index in [9.17, 15) is 24.3 Å². The minimum Gasteiger partial charge on any atom is -0.479 e. The fourth-order valence-corrected chi connectivity index (χ4v) is 6.77. The molecule has 4 aliphatic rings. The Hall–Kier alpha value is -3.89. The van der Waals surface area contributed by atoms with Crippen LogP contribution in [-0.4, -0.2) is 68.3 Å². The maximum absolute atomic E-state index is 13.6. The molecule has 2 heterocycles. The van der Waals surface area contributed by atoms with Crippen molar-refractivity contribution in [2.24, 2.45) is 18.4 Å². The number of hydrogen-bond donors (Lipinski definition) is 4. The van der Waals surface area contributed by atoms with Crippen LogP contribution in [0.3, 0.4) is 0 Å². The highest BCUT2D eigenvalue weighted by molar-refractivity contribution is 6.01. The van der Waals surface area contributed by atoms with Crippen molar-refractivity contribution in [1.29, 1.82) is 0 Å². The number of anilines is 1. The summed E-state index contributed by atoms with van der Waals surface area (Å²) in [6.45, 7) is 1.04. The van der Waals surface area contributed by atoms with Gasteiger partial charge in [0.2, 0.25) is 5.91 Å². The van der Waals surface area contributed by atoms with Crippen molar-refractivity contribution in [3.8, 4) is 0 Å². The van der Waals surface area contributed by atoms with Crippen LogP contribution in [0.15, 0.2) is 30.5 Å². The first kappa shape index (κ1) is 26.3. The lowest BCUT2D eigenvalue weighted by molar-refractivity contribution is -0.150. The molecule has 2 saturated carbocycles. The number of nitrogens with zero attached hydrogens (tertiary/aromatic N) is 3. The van der Waals surface area contributed by atoms with Crippen LogP contribution in [0, 0.1) is 11.3 Å². The topological polar surface area (TPSA) is 146 Å². The van der Waals surface area contributed by atoms with E-state index in [1.165, 1.54) is 9.58 Å². The molecule has 1 unspecified atom stereocenters. The zero-order chi connectivity index (χ0) is 28.1. The summed E-state index contributed by atoms with van der Waals surface area (Å²) in [6, 6.07) is 6.01. The summed E-state index contributed by atoms with van der Waals surface area (Å²) in [5.41, 5.74) is 1.21. The minimum atomic E-state index is -1.35. The number of carboxylic acids is 1. The molecule has 1 aromatic carbocycles. The predicted molar refractivity (Wildman–Crippen MR) is 146 cm³/mol. The van der Waals surface area contributed by atoms with Crippen LogP contribution in [0.4, 0.5) is 10.5 Å². The number of carbonyl (C=O) groups excluding carboxylic acids is 3. The fourth-order valence-electron chi connectivity index (χ4n) is 6.77. The summed E-state index contributed by atoms with van der Waals surface area (Å²) in [6.07, 6.45) is 8.77. The Bertz CT molecular complexity index is 1360. The summed E-state index contributed by atoms with van der Waals surface area (Å²) in [5.74, 6) is -1.64. The summed E-state index contributed by atoms with van der Waals surface area (Å²) in [7, 11) is 1.68. The van der Waals surface area contributed by atoms with Gasteiger partial charge in [-0.25, -0.2) is 9.59 Å². The first-order valence-electron chi connectivity index (χ1n) is 14.2. The molecule has 11 nitrogen and oxygen atoms in total. The summed E-state index contributed by atoms with van der Waals surface area (Å²) in [5, 5.41) is 23.3. The van der Waals surface area contributed by atoms with Gasteiger partial charge in [-0.2, -0.15) is 5.10 Å². The van der Waals surface area contributed by atoms with Gasteiger partial charge in [0.1, 0.15) is 17.3 Å². The van der Waals surface area contributed by atoms with Crippen molar-refractivity contribution in [3.63, 3.8) is 0 Å². The molecule has 4 N–H and O–H groups in total. The molecule has 11 heteroatoms. The van der Waals surface area contributed by atoms with Gasteiger partial charge in [0.05, 0.1) is 0 Å². The van der Waals surface area contributed by atoms with Crippen LogP contribution in [0.25, 0.3) is 0 Å². The molecule has 3 fully saturated rings. The maximum atomic E-state index is 13.6. The molecule has 4 amide bonds. The third-order valence-corrected chi connectivity index (χ3v) is 9.41. The molecular formula is C29H36N6O5. The van der Waals surface area contributed by atoms with Gasteiger partial charge in [-0.1, -0.05) is 25.3 Å². The second-order valence-corrected chi connectivity index (χ2v) is 12.1. The highest BCUT2D eigenvalue weighted by Crippen LogP contribution is 2.49. The van der Waals surface area contributed by atoms with Gasteiger partial charge in [-0.05, 0) is 60.9 Å². The number of hydrogen-bond acceptors (Lipinski definition) is 5. The molecule has 212 valence electrons. The number of rotatable bonds is 7. The van der Waals surface area contributed by atoms with Crippen molar-refractivity contribution in [3.05, 3.63) is 47.3 Å². The van der Waals surface area contributed by atoms with E-state index in [0.717, 1.165) is 56.1 Å². The molecule has 1 spiro atoms. The SMILES string of the molecule is Cn1nccc1C(=O)N[C@H](C(=O)Nc1ccc2c(c1)CC(C(=O)O)(N1CC3(CC3)CNC1=O)C2)C1CCCCC1. The summed E-state index contributed by atoms with van der Waals surface area (Å²) < 4.78 is 1.48. The van der Waals surface area contributed by atoms with Crippen LogP contribution < -0.4 is 16.0 Å². The van der Waals surface area contributed by atoms with Crippen molar-refractivity contribution < 1.29 is 24.3 Å². The van der Waals surface area contributed by atoms with Crippen molar-refractivity contribution in [1.82, 2.24) is 25.3 Å². The maximum Gasteiger partial charge on any atom is 0.330 e. The van der Waals surface area contributed by atoms with Gasteiger partial charge < -0.3 is 26.0 Å². The molecule has 2 atom stereocenters. The van der Waals surface area contributed by atoms with Crippen molar-refractivity contribution in [2.75, 3.05) is 18.4 Å². The van der Waals surface area contributed by atoms with Gasteiger partial charge in [0, 0.05) is 50.3 Å². The number of aryl methyl sites for hydroxylation is 1. The molecule has 2 aromatic rings. The van der Waals surface area contributed by atoms with Crippen LogP contribution in [0.1, 0.15) is 66.6 Å². The number of carboxylic acid groups (broad SMARTS) is 1. The second-order valence-electron chi connectivity index (χ2n) is 12.1. The summed E-state index contributed by atoms with van der Waals surface area (Å²) in [4.78, 5) is 53.7. The van der Waals surface area contributed by atoms with E-state index < -0.39 is 17.6 Å². The number of carbonyl (C=O) groups is 4. The third-order valence-electron chi connectivity index (χ3n) is 9.41. The second kappa shape index (κ2) is 9.94. The van der Waals surface area contributed by atoms with Crippen LogP contribution >= 0.6 is 0 Å². The number of benzene rings is 1. The lowest BCUT2D eigenvalue weighted by atomic mass is 9.83. The monoisotopic (exact) mass is 548 g/mol. The lowest BCUT2D eigenvalue weighted by Crippen LogP contribution is -2.65. The molecule has 1 aliphatic heterocycles. The van der Waals surface area contributed by atoms with Gasteiger partial charge in [0.25, 0.3) is 5.91 Å². The number of fused-ring (bicyclic) bond motifs is 1. The standard InChI is InChI=1S/C29H36N6O5/c1-34-22(9-12-31-34)24(36)33-23(18-5-3-2-4-6-18)25(37)32-21-8-7-19-14-29(26(38)39,15-20(19)13-21)35-17-28(10-11-28)16-30-27(35)40/h7-9,12-13,18,23H,2-6,10-11,14-17H2,1H3,(H,30,40)(H,32,37)(H,33,36)(H,38,39)/t23-,29?/m0/s1. The number of aromatic nitrogens is 2.